The number of hydrogen-bond acceptors (Lipinski definition) is 3. The maximum atomic E-state index is 12.0. The number of rotatable bonds is 3. The lowest BCUT2D eigenvalue weighted by molar-refractivity contribution is 0.101. The van der Waals surface area contributed by atoms with Crippen LogP contribution in [0.25, 0.3) is 0 Å². The van der Waals surface area contributed by atoms with Gasteiger partial charge < -0.3 is 5.32 Å². The molecule has 5 nitrogen and oxygen atoms in total. The van der Waals surface area contributed by atoms with Crippen molar-refractivity contribution >= 4 is 34.2 Å². The van der Waals surface area contributed by atoms with Gasteiger partial charge in [0, 0.05) is 9.49 Å². The molecular formula is C12H11IN4O. The molecule has 0 atom stereocenters. The molecule has 2 aromatic rings. The van der Waals surface area contributed by atoms with Gasteiger partial charge in [-0.25, -0.2) is 4.98 Å². The van der Waals surface area contributed by atoms with Gasteiger partial charge >= 0.3 is 0 Å². The maximum Gasteiger partial charge on any atom is 0.295 e. The van der Waals surface area contributed by atoms with E-state index < -0.39 is 0 Å². The highest BCUT2D eigenvalue weighted by atomic mass is 127. The van der Waals surface area contributed by atoms with Crippen LogP contribution in [-0.4, -0.2) is 21.1 Å². The quantitative estimate of drug-likeness (QED) is 0.833. The zero-order chi connectivity index (χ0) is 12.5. The number of aromatic amines is 1. The first-order chi connectivity index (χ1) is 8.74. The fourth-order valence-corrected chi connectivity index (χ4v) is 2.18. The summed E-state index contributed by atoms with van der Waals surface area (Å²) in [6.45, 7) is 0. The summed E-state index contributed by atoms with van der Waals surface area (Å²) in [4.78, 5) is 16.2. The van der Waals surface area contributed by atoms with Crippen molar-refractivity contribution in [2.45, 2.75) is 18.8 Å². The maximum absolute atomic E-state index is 12.0. The minimum Gasteiger partial charge on any atom is -0.318 e. The van der Waals surface area contributed by atoms with Crippen molar-refractivity contribution in [3.63, 3.8) is 0 Å². The summed E-state index contributed by atoms with van der Waals surface area (Å²) < 4.78 is 0.987. The van der Waals surface area contributed by atoms with E-state index in [4.69, 9.17) is 0 Å². The van der Waals surface area contributed by atoms with Crippen LogP contribution in [0.5, 0.6) is 0 Å². The summed E-state index contributed by atoms with van der Waals surface area (Å²) in [6.07, 6.45) is 2.26. The molecule has 1 fully saturated rings. The fraction of sp³-hybridized carbons (Fsp3) is 0.250. The predicted octanol–water partition coefficient (Wildman–Crippen LogP) is 2.54. The number of hydrogen-bond donors (Lipinski definition) is 2. The monoisotopic (exact) mass is 354 g/mol. The molecule has 0 radical (unpaired) electrons. The summed E-state index contributed by atoms with van der Waals surface area (Å²) in [5.74, 6) is 1.22. The molecule has 1 aliphatic carbocycles. The second-order valence-electron chi connectivity index (χ2n) is 4.25. The lowest BCUT2D eigenvalue weighted by atomic mass is 10.3. The van der Waals surface area contributed by atoms with Gasteiger partial charge in [0.2, 0.25) is 5.82 Å². The zero-order valence-corrected chi connectivity index (χ0v) is 11.6. The van der Waals surface area contributed by atoms with Gasteiger partial charge in [-0.2, -0.15) is 0 Å². The number of carbonyl (C=O) groups excluding carboxylic acids is 1. The first-order valence-corrected chi connectivity index (χ1v) is 6.80. The summed E-state index contributed by atoms with van der Waals surface area (Å²) in [7, 11) is 0. The van der Waals surface area contributed by atoms with E-state index in [1.54, 1.807) is 0 Å². The summed E-state index contributed by atoms with van der Waals surface area (Å²) in [5, 5.41) is 9.59. The number of para-hydroxylation sites is 1. The average molecular weight is 354 g/mol. The standard InChI is InChI=1S/C12H11IN4O/c13-8-3-1-2-4-9(8)14-12(18)11-15-10(16-17-11)7-5-6-7/h1-4,7H,5-6H2,(H,14,18)(H,15,16,17). The minimum absolute atomic E-state index is 0.205. The Balaban J connectivity index is 1.76. The lowest BCUT2D eigenvalue weighted by Gasteiger charge is -2.04. The molecule has 0 bridgehead atoms. The Morgan fingerprint density at radius 1 is 1.39 bits per heavy atom. The molecule has 3 rings (SSSR count). The van der Waals surface area contributed by atoms with Gasteiger partial charge in [-0.05, 0) is 47.6 Å². The summed E-state index contributed by atoms with van der Waals surface area (Å²) in [6, 6.07) is 7.60. The van der Waals surface area contributed by atoms with E-state index in [9.17, 15) is 4.79 Å². The van der Waals surface area contributed by atoms with Crippen molar-refractivity contribution in [3.8, 4) is 0 Å². The number of amides is 1. The van der Waals surface area contributed by atoms with E-state index in [0.29, 0.717) is 5.92 Å². The van der Waals surface area contributed by atoms with Gasteiger partial charge in [0.05, 0.1) is 5.69 Å². The number of H-pyrrole nitrogens is 1. The minimum atomic E-state index is -0.276. The predicted molar refractivity (Wildman–Crippen MR) is 75.5 cm³/mol. The Kier molecular flexibility index (Phi) is 3.02. The number of nitrogens with zero attached hydrogens (tertiary/aromatic N) is 2. The van der Waals surface area contributed by atoms with E-state index in [0.717, 1.165) is 27.9 Å². The van der Waals surface area contributed by atoms with Crippen LogP contribution >= 0.6 is 22.6 Å². The highest BCUT2D eigenvalue weighted by molar-refractivity contribution is 14.1. The van der Waals surface area contributed by atoms with Crippen molar-refractivity contribution in [1.82, 2.24) is 15.2 Å². The van der Waals surface area contributed by atoms with Crippen molar-refractivity contribution in [2.75, 3.05) is 5.32 Å². The van der Waals surface area contributed by atoms with E-state index in [1.807, 2.05) is 24.3 Å². The molecule has 1 aromatic heterocycles. The van der Waals surface area contributed by atoms with Crippen LogP contribution in [0.4, 0.5) is 5.69 Å². The van der Waals surface area contributed by atoms with Crippen molar-refractivity contribution in [2.24, 2.45) is 0 Å². The summed E-state index contributed by atoms with van der Waals surface area (Å²) in [5.41, 5.74) is 0.779. The second kappa shape index (κ2) is 4.68. The highest BCUT2D eigenvalue weighted by Crippen LogP contribution is 2.37. The van der Waals surface area contributed by atoms with E-state index in [1.165, 1.54) is 0 Å². The molecule has 0 unspecified atom stereocenters. The van der Waals surface area contributed by atoms with Gasteiger partial charge in [-0.15, -0.1) is 5.10 Å². The molecule has 1 aliphatic rings. The van der Waals surface area contributed by atoms with Crippen LogP contribution in [0.15, 0.2) is 24.3 Å². The van der Waals surface area contributed by atoms with Crippen LogP contribution in [0.1, 0.15) is 35.2 Å². The molecular weight excluding hydrogens is 343 g/mol. The Labute approximate surface area is 118 Å². The Morgan fingerprint density at radius 2 is 2.17 bits per heavy atom. The van der Waals surface area contributed by atoms with Crippen LogP contribution in [0.3, 0.4) is 0 Å². The largest absolute Gasteiger partial charge is 0.318 e. The Bertz CT molecular complexity index is 591. The fourth-order valence-electron chi connectivity index (χ4n) is 1.66. The molecule has 2 N–H and O–H groups in total. The lowest BCUT2D eigenvalue weighted by Crippen LogP contribution is -2.14. The molecule has 1 amide bonds. The van der Waals surface area contributed by atoms with Crippen LogP contribution in [-0.2, 0) is 0 Å². The molecule has 0 saturated heterocycles. The third-order valence-corrected chi connectivity index (χ3v) is 3.73. The van der Waals surface area contributed by atoms with Gasteiger partial charge in [0.15, 0.2) is 0 Å². The highest BCUT2D eigenvalue weighted by Gasteiger charge is 2.28. The van der Waals surface area contributed by atoms with Crippen molar-refractivity contribution in [1.29, 1.82) is 0 Å². The Hall–Kier alpha value is -1.44. The zero-order valence-electron chi connectivity index (χ0n) is 9.48. The van der Waals surface area contributed by atoms with E-state index in [-0.39, 0.29) is 11.7 Å². The SMILES string of the molecule is O=C(Nc1ccccc1I)c1n[nH]c(C2CC2)n1. The number of anilines is 1. The molecule has 18 heavy (non-hydrogen) atoms. The van der Waals surface area contributed by atoms with Crippen molar-refractivity contribution in [3.05, 3.63) is 39.5 Å². The van der Waals surface area contributed by atoms with Gasteiger partial charge in [-0.3, -0.25) is 9.89 Å². The van der Waals surface area contributed by atoms with Crippen LogP contribution < -0.4 is 5.32 Å². The summed E-state index contributed by atoms with van der Waals surface area (Å²) >= 11 is 2.18. The smallest absolute Gasteiger partial charge is 0.295 e. The Morgan fingerprint density at radius 3 is 2.89 bits per heavy atom. The van der Waals surface area contributed by atoms with Gasteiger partial charge in [0.1, 0.15) is 5.82 Å². The van der Waals surface area contributed by atoms with Crippen LogP contribution in [0.2, 0.25) is 0 Å². The number of benzene rings is 1. The van der Waals surface area contributed by atoms with Gasteiger partial charge in [-0.1, -0.05) is 12.1 Å². The van der Waals surface area contributed by atoms with Crippen LogP contribution in [0, 0.1) is 3.57 Å². The number of halogens is 1. The molecule has 6 heteroatoms. The number of aromatic nitrogens is 3. The van der Waals surface area contributed by atoms with Gasteiger partial charge in [0.25, 0.3) is 5.91 Å². The first-order valence-electron chi connectivity index (χ1n) is 5.72. The van der Waals surface area contributed by atoms with E-state index in [2.05, 4.69) is 43.1 Å². The third kappa shape index (κ3) is 2.38. The normalized spacial score (nSPS) is 14.5. The first kappa shape index (κ1) is 11.6. The number of carbonyl (C=O) groups is 1. The average Bonchev–Trinajstić information content (AvgIpc) is 3.10. The third-order valence-electron chi connectivity index (χ3n) is 2.79. The molecule has 1 aromatic carbocycles. The second-order valence-corrected chi connectivity index (χ2v) is 5.41. The molecule has 0 aliphatic heterocycles. The van der Waals surface area contributed by atoms with Crippen molar-refractivity contribution < 1.29 is 4.79 Å². The molecule has 1 saturated carbocycles. The van der Waals surface area contributed by atoms with E-state index >= 15 is 0 Å². The molecule has 1 heterocycles. The molecule has 92 valence electrons. The topological polar surface area (TPSA) is 70.7 Å². The number of nitrogens with one attached hydrogen (secondary N) is 2. The molecule has 0 spiro atoms.